The lowest BCUT2D eigenvalue weighted by atomic mass is 9.97. The average molecular weight is 499 g/mol. The predicted octanol–water partition coefficient (Wildman–Crippen LogP) is 3.40. The number of nitrogens with one attached hydrogen (secondary N) is 1. The van der Waals surface area contributed by atoms with Crippen molar-refractivity contribution in [3.63, 3.8) is 0 Å². The first-order chi connectivity index (χ1) is 16.6. The maximum Gasteiger partial charge on any atom is 0.243 e. The Kier molecular flexibility index (Phi) is 7.19. The summed E-state index contributed by atoms with van der Waals surface area (Å²) in [5.74, 6) is -0.350. The Balaban J connectivity index is 1.41. The molecule has 0 aromatic heterocycles. The van der Waals surface area contributed by atoms with Crippen molar-refractivity contribution in [2.24, 2.45) is 5.92 Å². The number of benzene rings is 2. The van der Waals surface area contributed by atoms with Crippen molar-refractivity contribution in [1.82, 2.24) is 4.31 Å². The van der Waals surface area contributed by atoms with Crippen LogP contribution in [0.3, 0.4) is 0 Å². The van der Waals surface area contributed by atoms with E-state index in [0.717, 1.165) is 41.0 Å². The fourth-order valence-electron chi connectivity index (χ4n) is 4.98. The molecule has 188 valence electrons. The standard InChI is InChI=1S/C26H34N4O4S/c1-18-7-8-22(17-25(18)28(3)4)27-26(32)20-11-14-29(15-12-20)35(33,34)23-9-10-24-21(16-23)6-5-13-30(24)19(2)31/h7-10,16-17,20H,5-6,11-15H2,1-4H3,(H,27,32). The van der Waals surface area contributed by atoms with Gasteiger partial charge in [-0.25, -0.2) is 8.42 Å². The zero-order valence-corrected chi connectivity index (χ0v) is 21.7. The van der Waals surface area contributed by atoms with Crippen molar-refractivity contribution in [2.75, 3.05) is 48.8 Å². The topological polar surface area (TPSA) is 90.0 Å². The zero-order valence-electron chi connectivity index (χ0n) is 20.9. The third-order valence-corrected chi connectivity index (χ3v) is 8.87. The molecule has 1 fully saturated rings. The lowest BCUT2D eigenvalue weighted by Crippen LogP contribution is -2.41. The summed E-state index contributed by atoms with van der Waals surface area (Å²) in [5, 5.41) is 3.00. The molecule has 35 heavy (non-hydrogen) atoms. The number of nitrogens with zero attached hydrogens (tertiary/aromatic N) is 3. The number of carbonyl (C=O) groups is 2. The minimum atomic E-state index is -3.67. The predicted molar refractivity (Wildman–Crippen MR) is 138 cm³/mol. The van der Waals surface area contributed by atoms with Gasteiger partial charge in [0.2, 0.25) is 21.8 Å². The van der Waals surface area contributed by atoms with E-state index >= 15 is 0 Å². The van der Waals surface area contributed by atoms with E-state index in [0.29, 0.717) is 32.5 Å². The van der Waals surface area contributed by atoms with Gasteiger partial charge in [0.1, 0.15) is 0 Å². The molecule has 2 heterocycles. The molecule has 0 unspecified atom stereocenters. The number of rotatable bonds is 5. The first-order valence-corrected chi connectivity index (χ1v) is 13.5. The minimum Gasteiger partial charge on any atom is -0.377 e. The van der Waals surface area contributed by atoms with Gasteiger partial charge in [-0.05, 0) is 74.1 Å². The van der Waals surface area contributed by atoms with Crippen molar-refractivity contribution in [1.29, 1.82) is 0 Å². The highest BCUT2D eigenvalue weighted by atomic mass is 32.2. The van der Waals surface area contributed by atoms with Crippen molar-refractivity contribution in [3.8, 4) is 0 Å². The fraction of sp³-hybridized carbons (Fsp3) is 0.462. The van der Waals surface area contributed by atoms with Crippen LogP contribution in [-0.4, -0.2) is 58.3 Å². The van der Waals surface area contributed by atoms with Gasteiger partial charge >= 0.3 is 0 Å². The molecule has 1 N–H and O–H groups in total. The van der Waals surface area contributed by atoms with Crippen LogP contribution in [0.15, 0.2) is 41.3 Å². The van der Waals surface area contributed by atoms with Crippen LogP contribution in [0.25, 0.3) is 0 Å². The Hall–Kier alpha value is -2.91. The normalized spacial score (nSPS) is 17.1. The van der Waals surface area contributed by atoms with Crippen molar-refractivity contribution < 1.29 is 18.0 Å². The number of carbonyl (C=O) groups excluding carboxylic acids is 2. The quantitative estimate of drug-likeness (QED) is 0.683. The van der Waals surface area contributed by atoms with E-state index in [1.165, 1.54) is 11.2 Å². The zero-order chi connectivity index (χ0) is 25.3. The molecule has 0 aliphatic carbocycles. The summed E-state index contributed by atoms with van der Waals surface area (Å²) >= 11 is 0. The van der Waals surface area contributed by atoms with E-state index in [9.17, 15) is 18.0 Å². The molecule has 9 heteroatoms. The first kappa shape index (κ1) is 25.2. The molecule has 2 amide bonds. The molecular weight excluding hydrogens is 464 g/mol. The summed E-state index contributed by atoms with van der Waals surface area (Å²) in [4.78, 5) is 28.8. The maximum absolute atomic E-state index is 13.3. The summed E-state index contributed by atoms with van der Waals surface area (Å²) in [6.07, 6.45) is 2.51. The van der Waals surface area contributed by atoms with Crippen LogP contribution in [0, 0.1) is 12.8 Å². The van der Waals surface area contributed by atoms with Gasteiger partial charge in [-0.1, -0.05) is 6.07 Å². The molecule has 2 aromatic carbocycles. The number of hydrogen-bond acceptors (Lipinski definition) is 5. The Bertz CT molecular complexity index is 1230. The Labute approximate surface area is 207 Å². The van der Waals surface area contributed by atoms with E-state index in [4.69, 9.17) is 0 Å². The Morgan fingerprint density at radius 2 is 1.74 bits per heavy atom. The van der Waals surface area contributed by atoms with Crippen molar-refractivity contribution in [2.45, 2.75) is 44.4 Å². The monoisotopic (exact) mass is 498 g/mol. The lowest BCUT2D eigenvalue weighted by Gasteiger charge is -2.32. The maximum atomic E-state index is 13.3. The molecule has 2 aromatic rings. The van der Waals surface area contributed by atoms with Crippen LogP contribution >= 0.6 is 0 Å². The molecule has 2 aliphatic rings. The number of anilines is 3. The molecule has 0 radical (unpaired) electrons. The number of amides is 2. The molecule has 1 saturated heterocycles. The van der Waals surface area contributed by atoms with E-state index in [1.54, 1.807) is 23.1 Å². The van der Waals surface area contributed by atoms with E-state index in [1.807, 2.05) is 44.1 Å². The number of piperidine rings is 1. The number of sulfonamides is 1. The second-order valence-corrected chi connectivity index (χ2v) is 11.6. The Morgan fingerprint density at radius 3 is 2.40 bits per heavy atom. The van der Waals surface area contributed by atoms with Gasteiger partial charge in [-0.15, -0.1) is 0 Å². The highest BCUT2D eigenvalue weighted by Gasteiger charge is 2.33. The van der Waals surface area contributed by atoms with Gasteiger partial charge < -0.3 is 15.1 Å². The lowest BCUT2D eigenvalue weighted by molar-refractivity contribution is -0.121. The van der Waals surface area contributed by atoms with Crippen LogP contribution in [-0.2, 0) is 26.0 Å². The van der Waals surface area contributed by atoms with Crippen molar-refractivity contribution in [3.05, 3.63) is 47.5 Å². The fourth-order valence-corrected chi connectivity index (χ4v) is 6.50. The third kappa shape index (κ3) is 5.21. The average Bonchev–Trinajstić information content (AvgIpc) is 2.84. The number of hydrogen-bond donors (Lipinski definition) is 1. The summed E-state index contributed by atoms with van der Waals surface area (Å²) < 4.78 is 28.1. The summed E-state index contributed by atoms with van der Waals surface area (Å²) in [6.45, 7) is 4.81. The minimum absolute atomic E-state index is 0.0366. The molecule has 2 aliphatic heterocycles. The van der Waals surface area contributed by atoms with Gasteiger partial charge in [-0.2, -0.15) is 4.31 Å². The molecule has 4 rings (SSSR count). The third-order valence-electron chi connectivity index (χ3n) is 6.97. The van der Waals surface area contributed by atoms with Gasteiger partial charge in [0.05, 0.1) is 4.90 Å². The van der Waals surface area contributed by atoms with Crippen LogP contribution < -0.4 is 15.1 Å². The van der Waals surface area contributed by atoms with Gasteiger partial charge in [0.15, 0.2) is 0 Å². The van der Waals surface area contributed by atoms with Gasteiger partial charge in [0, 0.05) is 63.6 Å². The van der Waals surface area contributed by atoms with Crippen LogP contribution in [0.4, 0.5) is 17.1 Å². The molecule has 0 saturated carbocycles. The molecule has 0 bridgehead atoms. The number of aryl methyl sites for hydroxylation is 2. The smallest absolute Gasteiger partial charge is 0.243 e. The second-order valence-electron chi connectivity index (χ2n) is 9.63. The van der Waals surface area contributed by atoms with Gasteiger partial charge in [-0.3, -0.25) is 9.59 Å². The SMILES string of the molecule is CC(=O)N1CCCc2cc(S(=O)(=O)N3CCC(C(=O)Nc4ccc(C)c(N(C)C)c4)CC3)ccc21. The van der Waals surface area contributed by atoms with Crippen LogP contribution in [0.1, 0.15) is 37.3 Å². The first-order valence-electron chi connectivity index (χ1n) is 12.1. The summed E-state index contributed by atoms with van der Waals surface area (Å²) in [6, 6.07) is 10.9. The molecule has 0 spiro atoms. The Morgan fingerprint density at radius 1 is 1.03 bits per heavy atom. The molecule has 0 atom stereocenters. The van der Waals surface area contributed by atoms with E-state index in [2.05, 4.69) is 5.32 Å². The summed E-state index contributed by atoms with van der Waals surface area (Å²) in [7, 11) is 0.260. The molecule has 8 nitrogen and oxygen atoms in total. The highest BCUT2D eigenvalue weighted by molar-refractivity contribution is 7.89. The summed E-state index contributed by atoms with van der Waals surface area (Å²) in [5.41, 5.74) is 4.60. The van der Waals surface area contributed by atoms with Crippen LogP contribution in [0.2, 0.25) is 0 Å². The second kappa shape index (κ2) is 9.99. The molecular formula is C26H34N4O4S. The van der Waals surface area contributed by atoms with E-state index in [-0.39, 0.29) is 22.6 Å². The van der Waals surface area contributed by atoms with Crippen molar-refractivity contribution >= 4 is 38.9 Å². The number of fused-ring (bicyclic) bond motifs is 1. The van der Waals surface area contributed by atoms with E-state index < -0.39 is 10.0 Å². The largest absolute Gasteiger partial charge is 0.377 e. The van der Waals surface area contributed by atoms with Crippen LogP contribution in [0.5, 0.6) is 0 Å². The van der Waals surface area contributed by atoms with Gasteiger partial charge in [0.25, 0.3) is 0 Å². The highest BCUT2D eigenvalue weighted by Crippen LogP contribution is 2.32.